The van der Waals surface area contributed by atoms with Gasteiger partial charge in [-0.3, -0.25) is 9.59 Å². The molecule has 1 aliphatic carbocycles. The second-order valence-corrected chi connectivity index (χ2v) is 7.82. The SMILES string of the molecule is CC1CCN(c2ccc(NC(=O)C3CC3C(=O)NC(C)C)cc2)CC1. The molecule has 2 unspecified atom stereocenters. The van der Waals surface area contributed by atoms with Gasteiger partial charge >= 0.3 is 0 Å². The molecule has 1 saturated carbocycles. The maximum Gasteiger partial charge on any atom is 0.228 e. The van der Waals surface area contributed by atoms with Crippen LogP contribution in [-0.4, -0.2) is 30.9 Å². The molecule has 1 heterocycles. The monoisotopic (exact) mass is 343 g/mol. The molecule has 3 rings (SSSR count). The van der Waals surface area contributed by atoms with Crippen molar-refractivity contribution in [2.45, 2.75) is 46.1 Å². The lowest BCUT2D eigenvalue weighted by Gasteiger charge is -2.32. The number of carbonyl (C=O) groups is 2. The van der Waals surface area contributed by atoms with Gasteiger partial charge in [0.25, 0.3) is 0 Å². The van der Waals surface area contributed by atoms with Gasteiger partial charge < -0.3 is 15.5 Å². The molecule has 5 nitrogen and oxygen atoms in total. The number of hydrogen-bond acceptors (Lipinski definition) is 3. The molecule has 2 atom stereocenters. The third-order valence-electron chi connectivity index (χ3n) is 5.18. The molecule has 5 heteroatoms. The molecule has 0 radical (unpaired) electrons. The first-order chi connectivity index (χ1) is 11.9. The maximum atomic E-state index is 12.3. The Morgan fingerprint density at radius 3 is 2.24 bits per heavy atom. The molecule has 2 amide bonds. The number of carbonyl (C=O) groups excluding carboxylic acids is 2. The Balaban J connectivity index is 1.50. The van der Waals surface area contributed by atoms with Crippen LogP contribution in [0.3, 0.4) is 0 Å². The zero-order valence-corrected chi connectivity index (χ0v) is 15.4. The zero-order chi connectivity index (χ0) is 18.0. The van der Waals surface area contributed by atoms with Gasteiger partial charge in [-0.2, -0.15) is 0 Å². The Morgan fingerprint density at radius 1 is 1.04 bits per heavy atom. The molecule has 25 heavy (non-hydrogen) atoms. The van der Waals surface area contributed by atoms with Crippen molar-refractivity contribution in [2.24, 2.45) is 17.8 Å². The first-order valence-electron chi connectivity index (χ1n) is 9.40. The van der Waals surface area contributed by atoms with E-state index >= 15 is 0 Å². The Kier molecular flexibility index (Phi) is 5.30. The quantitative estimate of drug-likeness (QED) is 0.864. The fourth-order valence-electron chi connectivity index (χ4n) is 3.42. The van der Waals surface area contributed by atoms with E-state index in [-0.39, 0.29) is 29.7 Å². The smallest absolute Gasteiger partial charge is 0.228 e. The summed E-state index contributed by atoms with van der Waals surface area (Å²) in [6, 6.07) is 8.17. The lowest BCUT2D eigenvalue weighted by Crippen LogP contribution is -2.33. The van der Waals surface area contributed by atoms with Crippen LogP contribution in [0, 0.1) is 17.8 Å². The molecule has 1 aliphatic heterocycles. The molecule has 2 aliphatic rings. The summed E-state index contributed by atoms with van der Waals surface area (Å²) in [6.07, 6.45) is 3.12. The van der Waals surface area contributed by atoms with E-state index in [0.29, 0.717) is 6.42 Å². The summed E-state index contributed by atoms with van der Waals surface area (Å²) in [7, 11) is 0. The van der Waals surface area contributed by atoms with E-state index in [9.17, 15) is 9.59 Å². The van der Waals surface area contributed by atoms with Crippen LogP contribution in [-0.2, 0) is 9.59 Å². The van der Waals surface area contributed by atoms with Gasteiger partial charge in [-0.15, -0.1) is 0 Å². The van der Waals surface area contributed by atoms with Crippen molar-refractivity contribution in [3.05, 3.63) is 24.3 Å². The van der Waals surface area contributed by atoms with E-state index < -0.39 is 0 Å². The normalized spacial score (nSPS) is 23.4. The molecule has 0 spiro atoms. The lowest BCUT2D eigenvalue weighted by molar-refractivity contribution is -0.125. The number of anilines is 2. The molecule has 0 bridgehead atoms. The van der Waals surface area contributed by atoms with Crippen LogP contribution in [0.1, 0.15) is 40.0 Å². The molecule has 1 aromatic rings. The van der Waals surface area contributed by atoms with Gasteiger partial charge in [-0.25, -0.2) is 0 Å². The highest BCUT2D eigenvalue weighted by Crippen LogP contribution is 2.39. The second-order valence-electron chi connectivity index (χ2n) is 7.82. The number of piperidine rings is 1. The van der Waals surface area contributed by atoms with Crippen molar-refractivity contribution in [1.82, 2.24) is 5.32 Å². The molecule has 1 saturated heterocycles. The number of benzene rings is 1. The maximum absolute atomic E-state index is 12.3. The standard InChI is InChI=1S/C20H29N3O2/c1-13(2)21-19(24)17-12-18(17)20(25)22-15-4-6-16(7-5-15)23-10-8-14(3)9-11-23/h4-7,13-14,17-18H,8-12H2,1-3H3,(H,21,24)(H,22,25). The van der Waals surface area contributed by atoms with E-state index in [4.69, 9.17) is 0 Å². The van der Waals surface area contributed by atoms with Crippen molar-refractivity contribution in [2.75, 3.05) is 23.3 Å². The van der Waals surface area contributed by atoms with E-state index in [1.54, 1.807) is 0 Å². The predicted octanol–water partition coefficient (Wildman–Crippen LogP) is 3.02. The summed E-state index contributed by atoms with van der Waals surface area (Å²) in [5, 5.41) is 5.82. The number of nitrogens with one attached hydrogen (secondary N) is 2. The Morgan fingerprint density at radius 2 is 1.64 bits per heavy atom. The van der Waals surface area contributed by atoms with E-state index in [1.165, 1.54) is 18.5 Å². The predicted molar refractivity (Wildman–Crippen MR) is 101 cm³/mol. The minimum Gasteiger partial charge on any atom is -0.372 e. The van der Waals surface area contributed by atoms with Crippen LogP contribution in [0.4, 0.5) is 11.4 Å². The third-order valence-corrected chi connectivity index (χ3v) is 5.18. The van der Waals surface area contributed by atoms with Crippen molar-refractivity contribution in [3.63, 3.8) is 0 Å². The zero-order valence-electron chi connectivity index (χ0n) is 15.4. The van der Waals surface area contributed by atoms with Gasteiger partial charge in [-0.1, -0.05) is 6.92 Å². The largest absolute Gasteiger partial charge is 0.372 e. The Labute approximate surface area is 150 Å². The van der Waals surface area contributed by atoms with Crippen LogP contribution in [0.5, 0.6) is 0 Å². The number of hydrogen-bond donors (Lipinski definition) is 2. The van der Waals surface area contributed by atoms with Crippen LogP contribution < -0.4 is 15.5 Å². The molecule has 2 N–H and O–H groups in total. The van der Waals surface area contributed by atoms with E-state index in [0.717, 1.165) is 24.7 Å². The minimum atomic E-state index is -0.193. The molecule has 1 aromatic carbocycles. The highest BCUT2D eigenvalue weighted by molar-refractivity contribution is 5.99. The van der Waals surface area contributed by atoms with Crippen LogP contribution in [0.15, 0.2) is 24.3 Å². The van der Waals surface area contributed by atoms with Gasteiger partial charge in [-0.05, 0) is 63.3 Å². The minimum absolute atomic E-state index is 0.00942. The van der Waals surface area contributed by atoms with E-state index in [2.05, 4.69) is 34.6 Å². The number of nitrogens with zero attached hydrogens (tertiary/aromatic N) is 1. The summed E-state index contributed by atoms with van der Waals surface area (Å²) < 4.78 is 0. The van der Waals surface area contributed by atoms with E-state index in [1.807, 2.05) is 26.0 Å². The molecular formula is C20H29N3O2. The van der Waals surface area contributed by atoms with Crippen molar-refractivity contribution < 1.29 is 9.59 Å². The number of amides is 2. The highest BCUT2D eigenvalue weighted by Gasteiger charge is 2.48. The van der Waals surface area contributed by atoms with Gasteiger partial charge in [0, 0.05) is 30.5 Å². The summed E-state index contributed by atoms with van der Waals surface area (Å²) in [6.45, 7) is 8.37. The first-order valence-corrected chi connectivity index (χ1v) is 9.40. The third kappa shape index (κ3) is 4.53. The van der Waals surface area contributed by atoms with Gasteiger partial charge in [0.2, 0.25) is 11.8 Å². The van der Waals surface area contributed by atoms with Gasteiger partial charge in [0.1, 0.15) is 0 Å². The fourth-order valence-corrected chi connectivity index (χ4v) is 3.42. The van der Waals surface area contributed by atoms with Crippen LogP contribution in [0.2, 0.25) is 0 Å². The average molecular weight is 343 g/mol. The molecule has 0 aromatic heterocycles. The van der Waals surface area contributed by atoms with Crippen LogP contribution >= 0.6 is 0 Å². The second kappa shape index (κ2) is 7.46. The summed E-state index contributed by atoms with van der Waals surface area (Å²) in [5.74, 6) is 0.390. The van der Waals surface area contributed by atoms with Crippen molar-refractivity contribution in [3.8, 4) is 0 Å². The van der Waals surface area contributed by atoms with Gasteiger partial charge in [0.05, 0.1) is 11.8 Å². The molecule has 2 fully saturated rings. The molecular weight excluding hydrogens is 314 g/mol. The summed E-state index contributed by atoms with van der Waals surface area (Å²) >= 11 is 0. The van der Waals surface area contributed by atoms with Crippen molar-refractivity contribution >= 4 is 23.2 Å². The van der Waals surface area contributed by atoms with Gasteiger partial charge in [0.15, 0.2) is 0 Å². The summed E-state index contributed by atoms with van der Waals surface area (Å²) in [5.41, 5.74) is 2.01. The highest BCUT2D eigenvalue weighted by atomic mass is 16.2. The number of rotatable bonds is 5. The Bertz CT molecular complexity index is 618. The molecule has 136 valence electrons. The van der Waals surface area contributed by atoms with Crippen LogP contribution in [0.25, 0.3) is 0 Å². The average Bonchev–Trinajstić information content (AvgIpc) is 3.37. The fraction of sp³-hybridized carbons (Fsp3) is 0.600. The summed E-state index contributed by atoms with van der Waals surface area (Å²) in [4.78, 5) is 26.6. The van der Waals surface area contributed by atoms with Crippen molar-refractivity contribution in [1.29, 1.82) is 0 Å². The Hall–Kier alpha value is -2.04. The topological polar surface area (TPSA) is 61.4 Å². The lowest BCUT2D eigenvalue weighted by atomic mass is 9.99. The first kappa shape index (κ1) is 17.8.